The van der Waals surface area contributed by atoms with E-state index in [0.29, 0.717) is 0 Å². The molecule has 10 aromatic rings. The van der Waals surface area contributed by atoms with Gasteiger partial charge in [0.1, 0.15) is 0 Å². The lowest BCUT2D eigenvalue weighted by Crippen LogP contribution is -2.10. The van der Waals surface area contributed by atoms with Crippen molar-refractivity contribution in [3.63, 3.8) is 0 Å². The summed E-state index contributed by atoms with van der Waals surface area (Å²) in [5, 5.41) is 5.07. The van der Waals surface area contributed by atoms with E-state index in [0.717, 1.165) is 11.4 Å². The number of rotatable bonds is 7. The number of fused-ring (bicyclic) bond motifs is 4. The molecule has 0 unspecified atom stereocenters. The first-order valence-electron chi connectivity index (χ1n) is 18.4. The second-order valence-corrected chi connectivity index (χ2v) is 14.8. The third-order valence-electron chi connectivity index (χ3n) is 10.5. The number of thiophene rings is 1. The monoisotopic (exact) mass is 705 g/mol. The van der Waals surface area contributed by atoms with E-state index in [2.05, 4.69) is 217 Å². The first kappa shape index (κ1) is 32.0. The summed E-state index contributed by atoms with van der Waals surface area (Å²) in [6.07, 6.45) is 0. The molecule has 0 spiro atoms. The van der Waals surface area contributed by atoms with Gasteiger partial charge < -0.3 is 4.90 Å². The maximum absolute atomic E-state index is 2.41. The zero-order chi connectivity index (χ0) is 35.8. The summed E-state index contributed by atoms with van der Waals surface area (Å²) >= 11 is 1.86. The first-order valence-corrected chi connectivity index (χ1v) is 19.2. The summed E-state index contributed by atoms with van der Waals surface area (Å²) in [6, 6.07) is 77.1. The van der Waals surface area contributed by atoms with Gasteiger partial charge in [0.25, 0.3) is 0 Å². The average molecular weight is 706 g/mol. The maximum atomic E-state index is 2.41. The molecule has 0 bridgehead atoms. The molecule has 0 saturated heterocycles. The van der Waals surface area contributed by atoms with E-state index in [1.54, 1.807) is 0 Å². The molecule has 10 rings (SSSR count). The van der Waals surface area contributed by atoms with Gasteiger partial charge in [-0.25, -0.2) is 0 Å². The minimum atomic E-state index is 1.12. The quantitative estimate of drug-likeness (QED) is 0.160. The Morgan fingerprint density at radius 3 is 1.28 bits per heavy atom. The van der Waals surface area contributed by atoms with Crippen molar-refractivity contribution in [2.75, 3.05) is 4.90 Å². The summed E-state index contributed by atoms with van der Waals surface area (Å²) in [5.74, 6) is 0. The van der Waals surface area contributed by atoms with Gasteiger partial charge in [-0.05, 0) is 104 Å². The van der Waals surface area contributed by atoms with Crippen LogP contribution in [0.25, 0.3) is 75.5 Å². The fraction of sp³-hybridized carbons (Fsp3) is 0. The van der Waals surface area contributed by atoms with E-state index < -0.39 is 0 Å². The molecule has 0 atom stereocenters. The minimum absolute atomic E-state index is 1.12. The molecule has 0 aliphatic heterocycles. The highest BCUT2D eigenvalue weighted by Crippen LogP contribution is 2.45. The Hall–Kier alpha value is -6.74. The van der Waals surface area contributed by atoms with E-state index in [1.165, 1.54) is 81.1 Å². The standard InChI is InChI=1S/C52H35NS/c1-3-10-36(11-4-1)38-18-20-40(21-19-38)43-24-22-42-23-25-44(35-45(42)34-43)41-28-32-47(33-29-41)53(46-30-26-39(27-31-46)37-12-5-2-6-13-37)50-16-9-15-49-48-14-7-8-17-51(48)54-52(49)50/h1-35H. The summed E-state index contributed by atoms with van der Waals surface area (Å²) in [7, 11) is 0. The highest BCUT2D eigenvalue weighted by Gasteiger charge is 2.18. The molecule has 0 N–H and O–H groups in total. The van der Waals surface area contributed by atoms with E-state index in [1.807, 2.05) is 11.3 Å². The summed E-state index contributed by atoms with van der Waals surface area (Å²) in [5.41, 5.74) is 13.2. The maximum Gasteiger partial charge on any atom is 0.0640 e. The minimum Gasteiger partial charge on any atom is -0.309 e. The molecular formula is C52H35NS. The van der Waals surface area contributed by atoms with Gasteiger partial charge >= 0.3 is 0 Å². The van der Waals surface area contributed by atoms with Crippen LogP contribution < -0.4 is 4.90 Å². The van der Waals surface area contributed by atoms with Gasteiger partial charge in [0.2, 0.25) is 0 Å². The van der Waals surface area contributed by atoms with Crippen LogP contribution in [0.2, 0.25) is 0 Å². The van der Waals surface area contributed by atoms with Gasteiger partial charge in [-0.1, -0.05) is 164 Å². The van der Waals surface area contributed by atoms with Crippen molar-refractivity contribution in [1.82, 2.24) is 0 Å². The Labute approximate surface area is 319 Å². The molecule has 0 aliphatic rings. The van der Waals surface area contributed by atoms with Crippen molar-refractivity contribution < 1.29 is 0 Å². The number of hydrogen-bond acceptors (Lipinski definition) is 2. The molecule has 54 heavy (non-hydrogen) atoms. The Morgan fingerprint density at radius 2 is 0.722 bits per heavy atom. The number of nitrogens with zero attached hydrogens (tertiary/aromatic N) is 1. The van der Waals surface area contributed by atoms with Gasteiger partial charge in [-0.3, -0.25) is 0 Å². The molecule has 0 fully saturated rings. The first-order chi connectivity index (χ1) is 26.7. The van der Waals surface area contributed by atoms with Crippen molar-refractivity contribution in [1.29, 1.82) is 0 Å². The fourth-order valence-electron chi connectivity index (χ4n) is 7.66. The lowest BCUT2D eigenvalue weighted by atomic mass is 9.96. The topological polar surface area (TPSA) is 3.24 Å². The summed E-state index contributed by atoms with van der Waals surface area (Å²) < 4.78 is 2.59. The van der Waals surface area contributed by atoms with E-state index in [-0.39, 0.29) is 0 Å². The second-order valence-electron chi connectivity index (χ2n) is 13.8. The van der Waals surface area contributed by atoms with E-state index in [4.69, 9.17) is 0 Å². The summed E-state index contributed by atoms with van der Waals surface area (Å²) in [6.45, 7) is 0. The number of hydrogen-bond donors (Lipinski definition) is 0. The fourth-order valence-corrected chi connectivity index (χ4v) is 8.87. The van der Waals surface area contributed by atoms with Crippen molar-refractivity contribution in [2.45, 2.75) is 0 Å². The van der Waals surface area contributed by atoms with Gasteiger partial charge in [0, 0.05) is 26.8 Å². The summed E-state index contributed by atoms with van der Waals surface area (Å²) in [4.78, 5) is 2.41. The van der Waals surface area contributed by atoms with Crippen LogP contribution >= 0.6 is 11.3 Å². The lowest BCUT2D eigenvalue weighted by Gasteiger charge is -2.26. The van der Waals surface area contributed by atoms with Crippen molar-refractivity contribution in [3.05, 3.63) is 212 Å². The van der Waals surface area contributed by atoms with Crippen LogP contribution in [0.4, 0.5) is 17.1 Å². The highest BCUT2D eigenvalue weighted by molar-refractivity contribution is 7.26. The van der Waals surface area contributed by atoms with Crippen molar-refractivity contribution >= 4 is 59.3 Å². The Morgan fingerprint density at radius 1 is 0.296 bits per heavy atom. The Bertz CT molecular complexity index is 2890. The number of benzene rings is 9. The predicted molar refractivity (Wildman–Crippen MR) is 233 cm³/mol. The van der Waals surface area contributed by atoms with Crippen LogP contribution in [0.15, 0.2) is 212 Å². The number of anilines is 3. The molecule has 0 saturated carbocycles. The average Bonchev–Trinajstić information content (AvgIpc) is 3.64. The molecule has 1 aromatic heterocycles. The largest absolute Gasteiger partial charge is 0.309 e. The van der Waals surface area contributed by atoms with Crippen LogP contribution in [-0.2, 0) is 0 Å². The zero-order valence-corrected chi connectivity index (χ0v) is 30.4. The van der Waals surface area contributed by atoms with Crippen LogP contribution in [0.5, 0.6) is 0 Å². The third kappa shape index (κ3) is 5.93. The van der Waals surface area contributed by atoms with E-state index in [9.17, 15) is 0 Å². The van der Waals surface area contributed by atoms with Gasteiger partial charge in [0.05, 0.1) is 10.4 Å². The van der Waals surface area contributed by atoms with Crippen LogP contribution in [0.1, 0.15) is 0 Å². The Kier molecular flexibility index (Phi) is 8.09. The van der Waals surface area contributed by atoms with Crippen LogP contribution in [0.3, 0.4) is 0 Å². The van der Waals surface area contributed by atoms with Crippen molar-refractivity contribution in [3.8, 4) is 44.5 Å². The van der Waals surface area contributed by atoms with Gasteiger partial charge in [-0.2, -0.15) is 0 Å². The molecule has 1 heterocycles. The smallest absolute Gasteiger partial charge is 0.0640 e. The second kappa shape index (κ2) is 13.7. The third-order valence-corrected chi connectivity index (χ3v) is 11.7. The van der Waals surface area contributed by atoms with Gasteiger partial charge in [0.15, 0.2) is 0 Å². The Balaban J connectivity index is 1.01. The molecule has 0 amide bonds. The molecule has 0 aliphatic carbocycles. The lowest BCUT2D eigenvalue weighted by molar-refractivity contribution is 1.30. The zero-order valence-electron chi connectivity index (χ0n) is 29.6. The molecule has 0 radical (unpaired) electrons. The normalized spacial score (nSPS) is 11.3. The van der Waals surface area contributed by atoms with Crippen molar-refractivity contribution in [2.24, 2.45) is 0 Å². The highest BCUT2D eigenvalue weighted by atomic mass is 32.1. The predicted octanol–water partition coefficient (Wildman–Crippen LogP) is 15.3. The molecule has 254 valence electrons. The molecule has 9 aromatic carbocycles. The SMILES string of the molecule is c1ccc(-c2ccc(-c3ccc4ccc(-c5ccc(N(c6ccc(-c7ccccc7)cc6)c6cccc7c6sc6ccccc67)cc5)cc4c3)cc2)cc1. The molecular weight excluding hydrogens is 671 g/mol. The van der Waals surface area contributed by atoms with E-state index >= 15 is 0 Å². The van der Waals surface area contributed by atoms with Gasteiger partial charge in [-0.15, -0.1) is 11.3 Å². The molecule has 1 nitrogen and oxygen atoms in total. The van der Waals surface area contributed by atoms with Crippen LogP contribution in [0, 0.1) is 0 Å². The molecule has 2 heteroatoms. The van der Waals surface area contributed by atoms with Crippen LogP contribution in [-0.4, -0.2) is 0 Å².